The maximum Gasteiger partial charge on any atom is 0.411 e. The molecule has 7 nitrogen and oxygen atoms in total. The summed E-state index contributed by atoms with van der Waals surface area (Å²) in [5, 5.41) is 12.2. The lowest BCUT2D eigenvalue weighted by Crippen LogP contribution is -2.43. The van der Waals surface area contributed by atoms with Gasteiger partial charge in [-0.1, -0.05) is 68.0 Å². The molecule has 4 rings (SSSR count). The molecule has 1 heterocycles. The molecule has 0 bridgehead atoms. The van der Waals surface area contributed by atoms with Gasteiger partial charge < -0.3 is 19.3 Å². The lowest BCUT2D eigenvalue weighted by atomic mass is 9.99. The van der Waals surface area contributed by atoms with Crippen LogP contribution in [0.1, 0.15) is 61.2 Å². The number of anilines is 1. The van der Waals surface area contributed by atoms with E-state index in [-0.39, 0.29) is 25.4 Å². The highest BCUT2D eigenvalue weighted by Crippen LogP contribution is 2.39. The first-order valence-electron chi connectivity index (χ1n) is 13.1. The lowest BCUT2D eigenvalue weighted by Gasteiger charge is -2.39. The highest BCUT2D eigenvalue weighted by atomic mass is 16.7. The van der Waals surface area contributed by atoms with Crippen LogP contribution >= 0.6 is 0 Å². The van der Waals surface area contributed by atoms with Gasteiger partial charge in [-0.05, 0) is 36.1 Å². The number of nitrogens with one attached hydrogen (secondary N) is 1. The van der Waals surface area contributed by atoms with Crippen molar-refractivity contribution < 1.29 is 24.1 Å². The Morgan fingerprint density at radius 1 is 1.08 bits per heavy atom. The van der Waals surface area contributed by atoms with E-state index in [0.29, 0.717) is 11.7 Å². The average Bonchev–Trinajstić information content (AvgIpc) is 3.47. The van der Waals surface area contributed by atoms with E-state index in [4.69, 9.17) is 14.2 Å². The number of nitrogens with zero attached hydrogens (tertiary/aromatic N) is 1. The molecule has 37 heavy (non-hydrogen) atoms. The zero-order valence-electron chi connectivity index (χ0n) is 21.4. The van der Waals surface area contributed by atoms with Crippen LogP contribution in [-0.4, -0.2) is 47.9 Å². The summed E-state index contributed by atoms with van der Waals surface area (Å²) in [7, 11) is 0. The maximum absolute atomic E-state index is 12.0. The molecule has 198 valence electrons. The van der Waals surface area contributed by atoms with Crippen LogP contribution in [0.2, 0.25) is 0 Å². The number of rotatable bonds is 11. The SMILES string of the molecule is C=CCOC(=O)Nc1cccc(C2OC(CN(CC=C)C3CCCC3)CC(c3ccc(CO)cc3)O2)c1. The number of carbonyl (C=O) groups excluding carboxylic acids is 1. The van der Waals surface area contributed by atoms with E-state index in [1.807, 2.05) is 48.5 Å². The zero-order valence-corrected chi connectivity index (χ0v) is 21.4. The van der Waals surface area contributed by atoms with Crippen molar-refractivity contribution in [1.82, 2.24) is 4.90 Å². The monoisotopic (exact) mass is 506 g/mol. The largest absolute Gasteiger partial charge is 0.445 e. The molecular formula is C30H38N2O5. The lowest BCUT2D eigenvalue weighted by molar-refractivity contribution is -0.253. The molecule has 1 aliphatic carbocycles. The smallest absolute Gasteiger partial charge is 0.411 e. The van der Waals surface area contributed by atoms with Gasteiger partial charge in [0.1, 0.15) is 6.61 Å². The molecule has 0 radical (unpaired) electrons. The summed E-state index contributed by atoms with van der Waals surface area (Å²) in [5.74, 6) is 0. The third kappa shape index (κ3) is 7.52. The van der Waals surface area contributed by atoms with Gasteiger partial charge in [-0.3, -0.25) is 10.2 Å². The van der Waals surface area contributed by atoms with E-state index >= 15 is 0 Å². The van der Waals surface area contributed by atoms with Crippen molar-refractivity contribution >= 4 is 11.8 Å². The summed E-state index contributed by atoms with van der Waals surface area (Å²) in [6.07, 6.45) is 7.83. The first kappa shape index (κ1) is 27.1. The zero-order chi connectivity index (χ0) is 26.0. The summed E-state index contributed by atoms with van der Waals surface area (Å²) in [5.41, 5.74) is 3.33. The molecule has 3 unspecified atom stereocenters. The second-order valence-electron chi connectivity index (χ2n) is 9.67. The molecule has 2 aromatic rings. The topological polar surface area (TPSA) is 80.3 Å². The van der Waals surface area contributed by atoms with Crippen LogP contribution in [0.25, 0.3) is 0 Å². The maximum atomic E-state index is 12.0. The second kappa shape index (κ2) is 13.5. The number of benzene rings is 2. The van der Waals surface area contributed by atoms with Crippen LogP contribution in [0.3, 0.4) is 0 Å². The fourth-order valence-corrected chi connectivity index (χ4v) is 5.15. The number of carbonyl (C=O) groups is 1. The molecule has 1 saturated carbocycles. The minimum absolute atomic E-state index is 0.00704. The minimum atomic E-state index is -0.596. The van der Waals surface area contributed by atoms with Gasteiger partial charge in [0.25, 0.3) is 0 Å². The molecule has 2 aliphatic rings. The van der Waals surface area contributed by atoms with Crippen molar-refractivity contribution in [3.63, 3.8) is 0 Å². The molecule has 7 heteroatoms. The number of hydrogen-bond acceptors (Lipinski definition) is 6. The van der Waals surface area contributed by atoms with Gasteiger partial charge in [-0.15, -0.1) is 6.58 Å². The van der Waals surface area contributed by atoms with Crippen LogP contribution in [-0.2, 0) is 20.8 Å². The Labute approximate surface area is 219 Å². The van der Waals surface area contributed by atoms with Crippen LogP contribution in [0.4, 0.5) is 10.5 Å². The van der Waals surface area contributed by atoms with Crippen molar-refractivity contribution in [1.29, 1.82) is 0 Å². The molecule has 0 spiro atoms. The predicted molar refractivity (Wildman–Crippen MR) is 144 cm³/mol. The molecule has 2 aromatic carbocycles. The number of amides is 1. The van der Waals surface area contributed by atoms with Crippen LogP contribution in [0.15, 0.2) is 73.8 Å². The Kier molecular flexibility index (Phi) is 9.91. The van der Waals surface area contributed by atoms with Crippen LogP contribution < -0.4 is 5.32 Å². The van der Waals surface area contributed by atoms with Gasteiger partial charge in [-0.2, -0.15) is 0 Å². The quantitative estimate of drug-likeness (QED) is 0.370. The Hall–Kier alpha value is -2.97. The van der Waals surface area contributed by atoms with Gasteiger partial charge >= 0.3 is 6.09 Å². The summed E-state index contributed by atoms with van der Waals surface area (Å²) in [6.45, 7) is 9.32. The van der Waals surface area contributed by atoms with Crippen molar-refractivity contribution in [3.05, 3.63) is 90.5 Å². The molecule has 3 atom stereocenters. The summed E-state index contributed by atoms with van der Waals surface area (Å²) >= 11 is 0. The Bertz CT molecular complexity index is 1030. The number of ether oxygens (including phenoxy) is 3. The third-order valence-corrected chi connectivity index (χ3v) is 7.00. The van der Waals surface area contributed by atoms with Crippen molar-refractivity contribution in [2.75, 3.05) is 25.0 Å². The van der Waals surface area contributed by atoms with Gasteiger partial charge in [-0.25, -0.2) is 4.79 Å². The van der Waals surface area contributed by atoms with Gasteiger partial charge in [0.05, 0.1) is 18.8 Å². The second-order valence-corrected chi connectivity index (χ2v) is 9.67. The minimum Gasteiger partial charge on any atom is -0.445 e. The Balaban J connectivity index is 1.54. The molecule has 1 saturated heterocycles. The molecule has 1 aliphatic heterocycles. The van der Waals surface area contributed by atoms with Crippen molar-refractivity contribution in [2.24, 2.45) is 0 Å². The van der Waals surface area contributed by atoms with E-state index in [2.05, 4.69) is 23.4 Å². The van der Waals surface area contributed by atoms with Crippen molar-refractivity contribution in [3.8, 4) is 0 Å². The van der Waals surface area contributed by atoms with Gasteiger partial charge in [0.15, 0.2) is 6.29 Å². The fourth-order valence-electron chi connectivity index (χ4n) is 5.15. The number of aliphatic hydroxyl groups is 1. The molecule has 0 aromatic heterocycles. The fraction of sp³-hybridized carbons (Fsp3) is 0.433. The predicted octanol–water partition coefficient (Wildman–Crippen LogP) is 5.89. The average molecular weight is 507 g/mol. The van der Waals surface area contributed by atoms with E-state index in [0.717, 1.165) is 36.2 Å². The first-order chi connectivity index (χ1) is 18.1. The van der Waals surface area contributed by atoms with Crippen LogP contribution in [0.5, 0.6) is 0 Å². The summed E-state index contributed by atoms with van der Waals surface area (Å²) in [6, 6.07) is 15.9. The Morgan fingerprint density at radius 2 is 1.86 bits per heavy atom. The van der Waals surface area contributed by atoms with E-state index in [9.17, 15) is 9.90 Å². The van der Waals surface area contributed by atoms with E-state index < -0.39 is 12.4 Å². The van der Waals surface area contributed by atoms with Gasteiger partial charge in [0.2, 0.25) is 0 Å². The standard InChI is InChI=1S/C30H38N2O5/c1-3-16-32(26-10-5-6-11-26)20-27-19-28(23-14-12-22(21-33)13-15-23)37-29(36-27)24-8-7-9-25(18-24)31-30(34)35-17-4-2/h3-4,7-9,12-15,18,26-29,33H,1-2,5-6,10-11,16-17,19-21H2,(H,31,34). The van der Waals surface area contributed by atoms with Crippen LogP contribution in [0, 0.1) is 0 Å². The van der Waals surface area contributed by atoms with Crippen molar-refractivity contribution in [2.45, 2.75) is 63.3 Å². The van der Waals surface area contributed by atoms with Gasteiger partial charge in [0, 0.05) is 36.8 Å². The molecule has 1 amide bonds. The first-order valence-corrected chi connectivity index (χ1v) is 13.1. The van der Waals surface area contributed by atoms with E-state index in [1.54, 1.807) is 6.07 Å². The molecule has 2 fully saturated rings. The van der Waals surface area contributed by atoms with E-state index in [1.165, 1.54) is 31.8 Å². The summed E-state index contributed by atoms with van der Waals surface area (Å²) in [4.78, 5) is 14.5. The molecule has 2 N–H and O–H groups in total. The number of aliphatic hydroxyl groups excluding tert-OH is 1. The Morgan fingerprint density at radius 3 is 2.57 bits per heavy atom. The summed E-state index contributed by atoms with van der Waals surface area (Å²) < 4.78 is 18.1. The normalized spacial score (nSPS) is 22.1. The third-order valence-electron chi connectivity index (χ3n) is 7.00. The highest BCUT2D eigenvalue weighted by molar-refractivity contribution is 5.84. The number of hydrogen-bond donors (Lipinski definition) is 2. The highest BCUT2D eigenvalue weighted by Gasteiger charge is 2.34. The molecular weight excluding hydrogens is 468 g/mol.